The Hall–Kier alpha value is -4.17. The number of amides is 1. The first-order chi connectivity index (χ1) is 18.4. The monoisotopic (exact) mass is 510 g/mol. The van der Waals surface area contributed by atoms with Crippen LogP contribution in [0.1, 0.15) is 35.2 Å². The van der Waals surface area contributed by atoms with E-state index in [1.165, 1.54) is 16.8 Å². The van der Waals surface area contributed by atoms with Crippen molar-refractivity contribution in [1.29, 1.82) is 0 Å². The van der Waals surface area contributed by atoms with Gasteiger partial charge in [0.2, 0.25) is 0 Å². The molecule has 0 spiro atoms. The minimum atomic E-state index is -0.231. The molecule has 2 heterocycles. The number of hydrogen-bond donors (Lipinski definition) is 2. The molecule has 1 saturated carbocycles. The highest BCUT2D eigenvalue weighted by Gasteiger charge is 2.30. The molecule has 2 aromatic carbocycles. The normalized spacial score (nSPS) is 16.9. The van der Waals surface area contributed by atoms with Crippen molar-refractivity contribution in [3.8, 4) is 22.3 Å². The first-order valence-electron chi connectivity index (χ1n) is 12.9. The number of carbonyl (C=O) groups excluding carboxylic acids is 1. The summed E-state index contributed by atoms with van der Waals surface area (Å²) in [6, 6.07) is 18.7. The number of anilines is 2. The molecule has 0 saturated heterocycles. The van der Waals surface area contributed by atoms with E-state index in [2.05, 4.69) is 68.8 Å². The highest BCUT2D eigenvalue weighted by molar-refractivity contribution is 5.99. The Labute approximate surface area is 223 Å². The number of pyridine rings is 1. The van der Waals surface area contributed by atoms with Crippen LogP contribution in [0.3, 0.4) is 0 Å². The summed E-state index contributed by atoms with van der Waals surface area (Å²) in [5.41, 5.74) is 12.8. The van der Waals surface area contributed by atoms with Crippen molar-refractivity contribution in [2.24, 2.45) is 7.05 Å². The zero-order valence-corrected chi connectivity index (χ0v) is 22.1. The number of nitrogens with two attached hydrogens (primary N) is 1. The van der Waals surface area contributed by atoms with Crippen molar-refractivity contribution in [3.05, 3.63) is 84.3 Å². The summed E-state index contributed by atoms with van der Waals surface area (Å²) in [7, 11) is 5.93. The molecule has 4 aromatic rings. The minimum Gasteiger partial charge on any atom is -0.383 e. The number of rotatable bonds is 8. The summed E-state index contributed by atoms with van der Waals surface area (Å²) >= 11 is 0. The van der Waals surface area contributed by atoms with Gasteiger partial charge in [0.25, 0.3) is 5.91 Å². The van der Waals surface area contributed by atoms with E-state index in [0.717, 1.165) is 36.0 Å². The Balaban J connectivity index is 1.19. The van der Waals surface area contributed by atoms with Gasteiger partial charge in [-0.15, -0.1) is 0 Å². The Morgan fingerprint density at radius 2 is 1.74 bits per heavy atom. The van der Waals surface area contributed by atoms with Gasteiger partial charge in [0, 0.05) is 50.4 Å². The van der Waals surface area contributed by atoms with Crippen molar-refractivity contribution < 1.29 is 9.53 Å². The molecule has 3 N–H and O–H groups in total. The first-order valence-corrected chi connectivity index (χ1v) is 12.9. The van der Waals surface area contributed by atoms with Gasteiger partial charge in [-0.25, -0.2) is 4.98 Å². The second-order valence-electron chi connectivity index (χ2n) is 10.1. The second-order valence-corrected chi connectivity index (χ2v) is 10.1. The first kappa shape index (κ1) is 25.5. The fraction of sp³-hybridized carbons (Fsp3) is 0.300. The van der Waals surface area contributed by atoms with Gasteiger partial charge in [0.15, 0.2) is 0 Å². The van der Waals surface area contributed by atoms with Crippen LogP contribution in [-0.2, 0) is 18.4 Å². The summed E-state index contributed by atoms with van der Waals surface area (Å²) in [6.07, 6.45) is 8.01. The van der Waals surface area contributed by atoms with Crippen LogP contribution in [0.2, 0.25) is 0 Å². The number of nitrogen functional groups attached to an aromatic ring is 1. The number of hydrogen-bond acceptors (Lipinski definition) is 6. The fourth-order valence-electron chi connectivity index (χ4n) is 4.87. The molecule has 0 bridgehead atoms. The smallest absolute Gasteiger partial charge is 0.255 e. The summed E-state index contributed by atoms with van der Waals surface area (Å²) in [6.45, 7) is 0.497. The molecule has 5 rings (SSSR count). The standard InChI is InChI=1S/C30H34N6O2/c1-35(2)25-13-11-22(12-14-25)21-9-7-20(8-10-21)19-38-28-6-4-5-27(28)34-30(37)26-15-23(16-32-29(26)31)24-17-33-36(3)18-24/h7-18,27-28H,4-6,19H2,1-3H3,(H2,31,32)(H,34,37)/t27-,28-/m0/s1. The zero-order valence-electron chi connectivity index (χ0n) is 22.1. The number of nitrogens with zero attached hydrogens (tertiary/aromatic N) is 4. The lowest BCUT2D eigenvalue weighted by Gasteiger charge is -2.22. The maximum Gasteiger partial charge on any atom is 0.255 e. The van der Waals surface area contributed by atoms with Gasteiger partial charge in [0.05, 0.1) is 30.5 Å². The average molecular weight is 511 g/mol. The maximum absolute atomic E-state index is 13.2. The molecule has 0 unspecified atom stereocenters. The number of aryl methyl sites for hydroxylation is 1. The zero-order chi connectivity index (χ0) is 26.6. The largest absolute Gasteiger partial charge is 0.383 e. The second kappa shape index (κ2) is 11.1. The summed E-state index contributed by atoms with van der Waals surface area (Å²) in [5.74, 6) is -0.0204. The van der Waals surface area contributed by atoms with Crippen LogP contribution in [0.5, 0.6) is 0 Å². The molecule has 1 aliphatic rings. The molecule has 38 heavy (non-hydrogen) atoms. The van der Waals surface area contributed by atoms with E-state index in [0.29, 0.717) is 12.2 Å². The van der Waals surface area contributed by atoms with Gasteiger partial charge >= 0.3 is 0 Å². The predicted molar refractivity (Wildman–Crippen MR) is 151 cm³/mol. The van der Waals surface area contributed by atoms with Crippen molar-refractivity contribution in [2.75, 3.05) is 24.7 Å². The predicted octanol–water partition coefficient (Wildman–Crippen LogP) is 4.67. The van der Waals surface area contributed by atoms with Crippen LogP contribution >= 0.6 is 0 Å². The van der Waals surface area contributed by atoms with Crippen molar-refractivity contribution >= 4 is 17.4 Å². The number of carbonyl (C=O) groups is 1. The lowest BCUT2D eigenvalue weighted by molar-refractivity contribution is 0.0272. The molecule has 2 atom stereocenters. The van der Waals surface area contributed by atoms with E-state index in [-0.39, 0.29) is 23.9 Å². The molecule has 2 aromatic heterocycles. The molecule has 1 aliphatic carbocycles. The fourth-order valence-corrected chi connectivity index (χ4v) is 4.87. The van der Waals surface area contributed by atoms with Gasteiger partial charge in [-0.2, -0.15) is 5.10 Å². The van der Waals surface area contributed by atoms with Gasteiger partial charge in [-0.1, -0.05) is 36.4 Å². The molecular formula is C30H34N6O2. The lowest BCUT2D eigenvalue weighted by atomic mass is 10.0. The Bertz CT molecular complexity index is 1400. The molecule has 0 radical (unpaired) electrons. The third-order valence-corrected chi connectivity index (χ3v) is 7.11. The van der Waals surface area contributed by atoms with Gasteiger partial charge in [0.1, 0.15) is 5.82 Å². The number of aromatic nitrogens is 3. The van der Waals surface area contributed by atoms with Gasteiger partial charge in [-0.3, -0.25) is 9.48 Å². The molecule has 8 nitrogen and oxygen atoms in total. The van der Waals surface area contributed by atoms with Crippen LogP contribution in [0.25, 0.3) is 22.3 Å². The van der Waals surface area contributed by atoms with Crippen molar-refractivity contribution in [3.63, 3.8) is 0 Å². The number of ether oxygens (including phenoxy) is 1. The highest BCUT2D eigenvalue weighted by atomic mass is 16.5. The number of nitrogens with one attached hydrogen (secondary N) is 1. The molecule has 196 valence electrons. The van der Waals surface area contributed by atoms with E-state index in [1.54, 1.807) is 23.1 Å². The van der Waals surface area contributed by atoms with Crippen LogP contribution in [0.4, 0.5) is 11.5 Å². The third-order valence-electron chi connectivity index (χ3n) is 7.11. The third kappa shape index (κ3) is 5.70. The van der Waals surface area contributed by atoms with E-state index in [1.807, 2.05) is 27.3 Å². The Morgan fingerprint density at radius 3 is 2.39 bits per heavy atom. The van der Waals surface area contributed by atoms with Gasteiger partial charge in [-0.05, 0) is 54.2 Å². The quantitative estimate of drug-likeness (QED) is 0.358. The highest BCUT2D eigenvalue weighted by Crippen LogP contribution is 2.27. The maximum atomic E-state index is 13.2. The molecular weight excluding hydrogens is 476 g/mol. The average Bonchev–Trinajstić information content (AvgIpc) is 3.56. The minimum absolute atomic E-state index is 0.0482. The van der Waals surface area contributed by atoms with Crippen LogP contribution in [0, 0.1) is 0 Å². The van der Waals surface area contributed by atoms with E-state index < -0.39 is 0 Å². The van der Waals surface area contributed by atoms with Crippen LogP contribution in [0.15, 0.2) is 73.2 Å². The van der Waals surface area contributed by atoms with Crippen molar-refractivity contribution in [1.82, 2.24) is 20.1 Å². The summed E-state index contributed by atoms with van der Waals surface area (Å²) in [5, 5.41) is 7.34. The SMILES string of the molecule is CN(C)c1ccc(-c2ccc(CO[C@H]3CCC[C@@H]3NC(=O)c3cc(-c4cnn(C)c4)cnc3N)cc2)cc1. The molecule has 1 amide bonds. The summed E-state index contributed by atoms with van der Waals surface area (Å²) < 4.78 is 7.98. The molecule has 1 fully saturated rings. The molecule has 0 aliphatic heterocycles. The Morgan fingerprint density at radius 1 is 1.03 bits per heavy atom. The summed E-state index contributed by atoms with van der Waals surface area (Å²) in [4.78, 5) is 19.5. The number of benzene rings is 2. The van der Waals surface area contributed by atoms with E-state index in [4.69, 9.17) is 10.5 Å². The molecule has 8 heteroatoms. The van der Waals surface area contributed by atoms with Crippen molar-refractivity contribution in [2.45, 2.75) is 38.0 Å². The topological polar surface area (TPSA) is 98.3 Å². The lowest BCUT2D eigenvalue weighted by Crippen LogP contribution is -2.41. The van der Waals surface area contributed by atoms with Gasteiger partial charge < -0.3 is 20.7 Å². The van der Waals surface area contributed by atoms with Crippen LogP contribution < -0.4 is 16.0 Å². The Kier molecular flexibility index (Phi) is 7.42. The van der Waals surface area contributed by atoms with Crippen LogP contribution in [-0.4, -0.2) is 46.9 Å². The van der Waals surface area contributed by atoms with E-state index in [9.17, 15) is 4.79 Å². The van der Waals surface area contributed by atoms with E-state index >= 15 is 0 Å².